The van der Waals surface area contributed by atoms with Crippen LogP contribution in [-0.2, 0) is 9.47 Å². The van der Waals surface area contributed by atoms with Crippen LogP contribution >= 0.6 is 11.6 Å². The Morgan fingerprint density at radius 1 is 1.25 bits per heavy atom. The monoisotopic (exact) mass is 194 g/mol. The Morgan fingerprint density at radius 3 is 2.50 bits per heavy atom. The molecule has 0 bridgehead atoms. The molecular formula is C9H19ClO2. The van der Waals surface area contributed by atoms with Crippen LogP contribution in [-0.4, -0.2) is 32.8 Å². The lowest BCUT2D eigenvalue weighted by Gasteiger charge is -2.10. The molecule has 0 saturated heterocycles. The van der Waals surface area contributed by atoms with Crippen molar-refractivity contribution in [2.45, 2.75) is 19.8 Å². The first kappa shape index (κ1) is 12.2. The molecule has 74 valence electrons. The van der Waals surface area contributed by atoms with Crippen molar-refractivity contribution < 1.29 is 9.47 Å². The molecule has 0 amide bonds. The Bertz CT molecular complexity index is 84.6. The van der Waals surface area contributed by atoms with Crippen LogP contribution in [0.25, 0.3) is 0 Å². The highest BCUT2D eigenvalue weighted by molar-refractivity contribution is 6.18. The van der Waals surface area contributed by atoms with E-state index in [1.165, 1.54) is 0 Å². The summed E-state index contributed by atoms with van der Waals surface area (Å²) in [4.78, 5) is 0. The molecule has 0 spiro atoms. The number of alkyl halides is 1. The molecule has 0 saturated carbocycles. The Morgan fingerprint density at radius 2 is 2.00 bits per heavy atom. The zero-order valence-corrected chi connectivity index (χ0v) is 8.77. The molecule has 0 aromatic carbocycles. The zero-order chi connectivity index (χ0) is 9.23. The van der Waals surface area contributed by atoms with Crippen LogP contribution < -0.4 is 0 Å². The Hall–Kier alpha value is 0.210. The van der Waals surface area contributed by atoms with Gasteiger partial charge in [-0.25, -0.2) is 0 Å². The number of ether oxygens (including phenoxy) is 2. The van der Waals surface area contributed by atoms with Gasteiger partial charge in [0.05, 0.1) is 13.2 Å². The summed E-state index contributed by atoms with van der Waals surface area (Å²) in [6.07, 6.45) is 2.20. The van der Waals surface area contributed by atoms with E-state index in [0.29, 0.717) is 19.1 Å². The number of hydrogen-bond donors (Lipinski definition) is 0. The maximum absolute atomic E-state index is 5.73. The Balaban J connectivity index is 3.06. The van der Waals surface area contributed by atoms with E-state index in [2.05, 4.69) is 6.92 Å². The lowest BCUT2D eigenvalue weighted by Crippen LogP contribution is -2.08. The molecule has 0 aliphatic carbocycles. The molecule has 0 aromatic heterocycles. The van der Waals surface area contributed by atoms with Crippen molar-refractivity contribution >= 4 is 11.6 Å². The van der Waals surface area contributed by atoms with Crippen LogP contribution in [0.4, 0.5) is 0 Å². The van der Waals surface area contributed by atoms with Crippen molar-refractivity contribution in [3.63, 3.8) is 0 Å². The SMILES string of the molecule is CCC(CCl)CCOCCOC. The zero-order valence-electron chi connectivity index (χ0n) is 8.01. The van der Waals surface area contributed by atoms with E-state index in [1.54, 1.807) is 7.11 Å². The molecule has 0 aliphatic heterocycles. The van der Waals surface area contributed by atoms with Gasteiger partial charge in [-0.2, -0.15) is 0 Å². The Labute approximate surface area is 80.2 Å². The van der Waals surface area contributed by atoms with E-state index in [4.69, 9.17) is 21.1 Å². The van der Waals surface area contributed by atoms with Crippen LogP contribution in [0.2, 0.25) is 0 Å². The fraction of sp³-hybridized carbons (Fsp3) is 1.00. The van der Waals surface area contributed by atoms with Crippen LogP contribution in [0.15, 0.2) is 0 Å². The van der Waals surface area contributed by atoms with E-state index in [9.17, 15) is 0 Å². The first-order valence-corrected chi connectivity index (χ1v) is 5.01. The largest absolute Gasteiger partial charge is 0.382 e. The molecule has 0 N–H and O–H groups in total. The summed E-state index contributed by atoms with van der Waals surface area (Å²) >= 11 is 5.73. The van der Waals surface area contributed by atoms with Crippen molar-refractivity contribution in [1.29, 1.82) is 0 Å². The third kappa shape index (κ3) is 6.89. The van der Waals surface area contributed by atoms with Crippen molar-refractivity contribution in [1.82, 2.24) is 0 Å². The first-order chi connectivity index (χ1) is 5.85. The average Bonchev–Trinajstić information content (AvgIpc) is 2.11. The molecule has 0 rings (SSSR count). The van der Waals surface area contributed by atoms with Gasteiger partial charge in [-0.3, -0.25) is 0 Å². The van der Waals surface area contributed by atoms with E-state index in [0.717, 1.165) is 25.3 Å². The highest BCUT2D eigenvalue weighted by Gasteiger charge is 2.03. The van der Waals surface area contributed by atoms with Gasteiger partial charge in [0.25, 0.3) is 0 Å². The molecule has 1 unspecified atom stereocenters. The van der Waals surface area contributed by atoms with Gasteiger partial charge in [0, 0.05) is 19.6 Å². The topological polar surface area (TPSA) is 18.5 Å². The van der Waals surface area contributed by atoms with Gasteiger partial charge in [-0.1, -0.05) is 13.3 Å². The van der Waals surface area contributed by atoms with Gasteiger partial charge in [-0.05, 0) is 12.3 Å². The van der Waals surface area contributed by atoms with Crippen LogP contribution in [0.5, 0.6) is 0 Å². The van der Waals surface area contributed by atoms with Gasteiger partial charge in [0.2, 0.25) is 0 Å². The lowest BCUT2D eigenvalue weighted by molar-refractivity contribution is 0.0645. The second kappa shape index (κ2) is 9.30. The van der Waals surface area contributed by atoms with E-state index in [1.807, 2.05) is 0 Å². The molecule has 0 aromatic rings. The van der Waals surface area contributed by atoms with Gasteiger partial charge in [0.15, 0.2) is 0 Å². The summed E-state index contributed by atoms with van der Waals surface area (Å²) < 4.78 is 10.2. The van der Waals surface area contributed by atoms with Crippen molar-refractivity contribution in [3.05, 3.63) is 0 Å². The molecule has 3 heteroatoms. The van der Waals surface area contributed by atoms with Crippen LogP contribution in [0.3, 0.4) is 0 Å². The molecule has 2 nitrogen and oxygen atoms in total. The molecule has 0 radical (unpaired) electrons. The number of methoxy groups -OCH3 is 1. The molecular weight excluding hydrogens is 176 g/mol. The van der Waals surface area contributed by atoms with Crippen LogP contribution in [0, 0.1) is 5.92 Å². The van der Waals surface area contributed by atoms with Gasteiger partial charge < -0.3 is 9.47 Å². The average molecular weight is 195 g/mol. The molecule has 0 fully saturated rings. The summed E-state index contributed by atoms with van der Waals surface area (Å²) in [5.41, 5.74) is 0. The second-order valence-electron chi connectivity index (χ2n) is 2.82. The van der Waals surface area contributed by atoms with Crippen molar-refractivity contribution in [2.24, 2.45) is 5.92 Å². The van der Waals surface area contributed by atoms with Crippen LogP contribution in [0.1, 0.15) is 19.8 Å². The normalized spacial score (nSPS) is 13.2. The third-order valence-corrected chi connectivity index (χ3v) is 2.33. The highest BCUT2D eigenvalue weighted by Crippen LogP contribution is 2.09. The fourth-order valence-corrected chi connectivity index (χ4v) is 1.26. The second-order valence-corrected chi connectivity index (χ2v) is 3.13. The quantitative estimate of drug-likeness (QED) is 0.436. The first-order valence-electron chi connectivity index (χ1n) is 4.47. The number of rotatable bonds is 8. The fourth-order valence-electron chi connectivity index (χ4n) is 0.885. The van der Waals surface area contributed by atoms with Crippen molar-refractivity contribution in [3.8, 4) is 0 Å². The maximum atomic E-state index is 5.73. The molecule has 0 heterocycles. The summed E-state index contributed by atoms with van der Waals surface area (Å²) in [5.74, 6) is 1.35. The predicted octanol–water partition coefficient (Wildman–Crippen LogP) is 2.30. The molecule has 1 atom stereocenters. The molecule has 0 aliphatic rings. The smallest absolute Gasteiger partial charge is 0.0700 e. The van der Waals surface area contributed by atoms with E-state index < -0.39 is 0 Å². The predicted molar refractivity (Wildman–Crippen MR) is 51.8 cm³/mol. The lowest BCUT2D eigenvalue weighted by atomic mass is 10.1. The van der Waals surface area contributed by atoms with E-state index in [-0.39, 0.29) is 0 Å². The minimum Gasteiger partial charge on any atom is -0.382 e. The summed E-state index contributed by atoms with van der Waals surface area (Å²) in [7, 11) is 1.68. The summed E-state index contributed by atoms with van der Waals surface area (Å²) in [6.45, 7) is 4.32. The standard InChI is InChI=1S/C9H19ClO2/c1-3-9(8-10)4-5-12-7-6-11-2/h9H,3-8H2,1-2H3. The highest BCUT2D eigenvalue weighted by atomic mass is 35.5. The Kier molecular flexibility index (Phi) is 9.46. The minimum atomic E-state index is 0.606. The van der Waals surface area contributed by atoms with Gasteiger partial charge >= 0.3 is 0 Å². The minimum absolute atomic E-state index is 0.606. The van der Waals surface area contributed by atoms with Gasteiger partial charge in [-0.15, -0.1) is 11.6 Å². The summed E-state index contributed by atoms with van der Waals surface area (Å²) in [5, 5.41) is 0. The number of halogens is 1. The molecule has 12 heavy (non-hydrogen) atoms. The third-order valence-electron chi connectivity index (χ3n) is 1.90. The van der Waals surface area contributed by atoms with Crippen molar-refractivity contribution in [2.75, 3.05) is 32.8 Å². The maximum Gasteiger partial charge on any atom is 0.0700 e. The summed E-state index contributed by atoms with van der Waals surface area (Å²) in [6, 6.07) is 0. The van der Waals surface area contributed by atoms with Gasteiger partial charge in [0.1, 0.15) is 0 Å². The van der Waals surface area contributed by atoms with E-state index >= 15 is 0 Å². The number of hydrogen-bond acceptors (Lipinski definition) is 2.